The minimum absolute atomic E-state index is 0.0524. The SMILES string of the molecule is CCc1cc2nc(CC(=O)O)cn2cn1. The average molecular weight is 205 g/mol. The first-order chi connectivity index (χ1) is 7.19. The first-order valence-corrected chi connectivity index (χ1v) is 4.73. The van der Waals surface area contributed by atoms with E-state index in [1.54, 1.807) is 16.9 Å². The molecule has 0 atom stereocenters. The summed E-state index contributed by atoms with van der Waals surface area (Å²) in [4.78, 5) is 18.9. The zero-order valence-corrected chi connectivity index (χ0v) is 8.34. The van der Waals surface area contributed by atoms with Crippen LogP contribution in [0.15, 0.2) is 18.6 Å². The number of aromatic nitrogens is 3. The molecule has 0 fully saturated rings. The lowest BCUT2D eigenvalue weighted by Gasteiger charge is -1.95. The predicted octanol–water partition coefficient (Wildman–Crippen LogP) is 0.919. The van der Waals surface area contributed by atoms with Crippen molar-refractivity contribution in [2.45, 2.75) is 19.8 Å². The summed E-state index contributed by atoms with van der Waals surface area (Å²) in [6.07, 6.45) is 4.14. The van der Waals surface area contributed by atoms with Crippen LogP contribution in [0.2, 0.25) is 0 Å². The van der Waals surface area contributed by atoms with Crippen LogP contribution in [-0.4, -0.2) is 25.4 Å². The zero-order valence-electron chi connectivity index (χ0n) is 8.34. The molecule has 5 heteroatoms. The largest absolute Gasteiger partial charge is 0.481 e. The minimum Gasteiger partial charge on any atom is -0.481 e. The molecule has 1 N–H and O–H groups in total. The van der Waals surface area contributed by atoms with Gasteiger partial charge in [0.1, 0.15) is 12.0 Å². The van der Waals surface area contributed by atoms with E-state index in [1.807, 2.05) is 13.0 Å². The van der Waals surface area contributed by atoms with E-state index in [4.69, 9.17) is 5.11 Å². The monoisotopic (exact) mass is 205 g/mol. The summed E-state index contributed by atoms with van der Waals surface area (Å²) in [5, 5.41) is 8.63. The molecule has 0 aliphatic heterocycles. The van der Waals surface area contributed by atoms with Crippen LogP contribution >= 0.6 is 0 Å². The maximum absolute atomic E-state index is 10.5. The molecule has 2 rings (SSSR count). The summed E-state index contributed by atoms with van der Waals surface area (Å²) in [5.41, 5.74) is 2.26. The number of hydrogen-bond acceptors (Lipinski definition) is 3. The van der Waals surface area contributed by atoms with Crippen molar-refractivity contribution in [3.63, 3.8) is 0 Å². The molecule has 0 spiro atoms. The Hall–Kier alpha value is -1.91. The summed E-state index contributed by atoms with van der Waals surface area (Å²) in [7, 11) is 0. The molecule has 5 nitrogen and oxygen atoms in total. The second kappa shape index (κ2) is 3.68. The average Bonchev–Trinajstić information content (AvgIpc) is 2.57. The van der Waals surface area contributed by atoms with Gasteiger partial charge in [-0.15, -0.1) is 0 Å². The summed E-state index contributed by atoms with van der Waals surface area (Å²) in [6.45, 7) is 2.01. The van der Waals surface area contributed by atoms with E-state index in [0.29, 0.717) is 5.69 Å². The van der Waals surface area contributed by atoms with Crippen molar-refractivity contribution in [3.8, 4) is 0 Å². The highest BCUT2D eigenvalue weighted by atomic mass is 16.4. The molecule has 0 aliphatic carbocycles. The maximum Gasteiger partial charge on any atom is 0.309 e. The van der Waals surface area contributed by atoms with Crippen LogP contribution in [-0.2, 0) is 17.6 Å². The van der Waals surface area contributed by atoms with Crippen LogP contribution < -0.4 is 0 Å². The van der Waals surface area contributed by atoms with Crippen molar-refractivity contribution < 1.29 is 9.90 Å². The van der Waals surface area contributed by atoms with Gasteiger partial charge in [-0.25, -0.2) is 9.97 Å². The van der Waals surface area contributed by atoms with Crippen molar-refractivity contribution in [2.24, 2.45) is 0 Å². The number of hydrogen-bond donors (Lipinski definition) is 1. The molecule has 0 amide bonds. The molecule has 15 heavy (non-hydrogen) atoms. The van der Waals surface area contributed by atoms with Gasteiger partial charge in [0.2, 0.25) is 0 Å². The smallest absolute Gasteiger partial charge is 0.309 e. The van der Waals surface area contributed by atoms with Gasteiger partial charge in [-0.3, -0.25) is 9.20 Å². The number of imidazole rings is 1. The van der Waals surface area contributed by atoms with Gasteiger partial charge in [0.05, 0.1) is 12.1 Å². The van der Waals surface area contributed by atoms with Crippen LogP contribution in [0, 0.1) is 0 Å². The molecule has 0 saturated heterocycles. The zero-order chi connectivity index (χ0) is 10.8. The predicted molar refractivity (Wildman–Crippen MR) is 53.7 cm³/mol. The van der Waals surface area contributed by atoms with E-state index in [9.17, 15) is 4.79 Å². The number of carbonyl (C=O) groups is 1. The Morgan fingerprint density at radius 2 is 2.33 bits per heavy atom. The molecule has 0 aromatic carbocycles. The maximum atomic E-state index is 10.5. The van der Waals surface area contributed by atoms with E-state index in [-0.39, 0.29) is 6.42 Å². The highest BCUT2D eigenvalue weighted by Gasteiger charge is 2.06. The summed E-state index contributed by atoms with van der Waals surface area (Å²) in [6, 6.07) is 1.87. The van der Waals surface area contributed by atoms with Crippen LogP contribution in [0.5, 0.6) is 0 Å². The fraction of sp³-hybridized carbons (Fsp3) is 0.300. The third-order valence-corrected chi connectivity index (χ3v) is 2.15. The van der Waals surface area contributed by atoms with Gasteiger partial charge in [0.15, 0.2) is 0 Å². The molecule has 78 valence electrons. The third-order valence-electron chi connectivity index (χ3n) is 2.15. The third kappa shape index (κ3) is 1.96. The van der Waals surface area contributed by atoms with Crippen LogP contribution in [0.25, 0.3) is 5.65 Å². The molecule has 0 radical (unpaired) electrons. The van der Waals surface area contributed by atoms with Gasteiger partial charge >= 0.3 is 5.97 Å². The lowest BCUT2D eigenvalue weighted by Crippen LogP contribution is -1.99. The van der Waals surface area contributed by atoms with Crippen molar-refractivity contribution >= 4 is 11.6 Å². The number of carboxylic acid groups (broad SMARTS) is 1. The lowest BCUT2D eigenvalue weighted by molar-refractivity contribution is -0.136. The van der Waals surface area contributed by atoms with E-state index in [1.165, 1.54) is 0 Å². The fourth-order valence-corrected chi connectivity index (χ4v) is 1.42. The number of fused-ring (bicyclic) bond motifs is 1. The Kier molecular flexibility index (Phi) is 2.37. The van der Waals surface area contributed by atoms with Crippen molar-refractivity contribution in [3.05, 3.63) is 30.0 Å². The number of aliphatic carboxylic acids is 1. The topological polar surface area (TPSA) is 67.5 Å². The molecule has 0 bridgehead atoms. The minimum atomic E-state index is -0.873. The fourth-order valence-electron chi connectivity index (χ4n) is 1.42. The molecular weight excluding hydrogens is 194 g/mol. The normalized spacial score (nSPS) is 10.7. The highest BCUT2D eigenvalue weighted by Crippen LogP contribution is 2.07. The van der Waals surface area contributed by atoms with Crippen LogP contribution in [0.1, 0.15) is 18.3 Å². The molecule has 2 heterocycles. The lowest BCUT2D eigenvalue weighted by atomic mass is 10.3. The highest BCUT2D eigenvalue weighted by molar-refractivity contribution is 5.69. The molecule has 0 aliphatic rings. The molecule has 2 aromatic rings. The molecule has 0 unspecified atom stereocenters. The van der Waals surface area contributed by atoms with Crippen molar-refractivity contribution in [2.75, 3.05) is 0 Å². The number of carboxylic acids is 1. The summed E-state index contributed by atoms with van der Waals surface area (Å²) >= 11 is 0. The van der Waals surface area contributed by atoms with Gasteiger partial charge in [0.25, 0.3) is 0 Å². The standard InChI is InChI=1S/C10H11N3O2/c1-2-7-3-9-12-8(4-10(14)15)5-13(9)6-11-7/h3,5-6H,2,4H2,1H3,(H,14,15). The Bertz CT molecular complexity index is 504. The summed E-state index contributed by atoms with van der Waals surface area (Å²) < 4.78 is 1.73. The number of aryl methyl sites for hydroxylation is 1. The van der Waals surface area contributed by atoms with Crippen LogP contribution in [0.4, 0.5) is 0 Å². The van der Waals surface area contributed by atoms with E-state index < -0.39 is 5.97 Å². The molecule has 0 saturated carbocycles. The second-order valence-electron chi connectivity index (χ2n) is 3.30. The Balaban J connectivity index is 2.42. The first-order valence-electron chi connectivity index (χ1n) is 4.73. The van der Waals surface area contributed by atoms with Crippen LogP contribution in [0.3, 0.4) is 0 Å². The van der Waals surface area contributed by atoms with Gasteiger partial charge in [-0.2, -0.15) is 0 Å². The number of nitrogens with zero attached hydrogens (tertiary/aromatic N) is 3. The van der Waals surface area contributed by atoms with E-state index in [2.05, 4.69) is 9.97 Å². The Morgan fingerprint density at radius 1 is 1.53 bits per heavy atom. The van der Waals surface area contributed by atoms with Gasteiger partial charge in [-0.1, -0.05) is 6.92 Å². The summed E-state index contributed by atoms with van der Waals surface area (Å²) in [5.74, 6) is -0.873. The molecule has 2 aromatic heterocycles. The van der Waals surface area contributed by atoms with E-state index in [0.717, 1.165) is 17.8 Å². The van der Waals surface area contributed by atoms with Crippen molar-refractivity contribution in [1.29, 1.82) is 0 Å². The quantitative estimate of drug-likeness (QED) is 0.809. The Labute approximate surface area is 86.4 Å². The molecular formula is C10H11N3O2. The van der Waals surface area contributed by atoms with Crippen molar-refractivity contribution in [1.82, 2.24) is 14.4 Å². The first kappa shape index (κ1) is 9.64. The second-order valence-corrected chi connectivity index (χ2v) is 3.30. The Morgan fingerprint density at radius 3 is 3.00 bits per heavy atom. The van der Waals surface area contributed by atoms with Gasteiger partial charge in [-0.05, 0) is 6.42 Å². The van der Waals surface area contributed by atoms with Gasteiger partial charge < -0.3 is 5.11 Å². The number of rotatable bonds is 3. The van der Waals surface area contributed by atoms with E-state index >= 15 is 0 Å². The van der Waals surface area contributed by atoms with Gasteiger partial charge in [0, 0.05) is 18.0 Å².